The van der Waals surface area contributed by atoms with Crippen LogP contribution in [0.5, 0.6) is 0 Å². The topological polar surface area (TPSA) is 30.3 Å². The molecule has 13 heavy (non-hydrogen) atoms. The third-order valence-electron chi connectivity index (χ3n) is 2.59. The van der Waals surface area contributed by atoms with Gasteiger partial charge in [-0.3, -0.25) is 5.41 Å². The first-order valence-electron chi connectivity index (χ1n) is 5.16. The molecule has 0 saturated carbocycles. The largest absolute Gasteiger partial charge is 0.341 e. The van der Waals surface area contributed by atoms with Gasteiger partial charge in [-0.05, 0) is 34.1 Å². The van der Waals surface area contributed by atoms with Crippen molar-refractivity contribution in [1.29, 1.82) is 5.41 Å². The van der Waals surface area contributed by atoms with E-state index in [1.165, 1.54) is 6.42 Å². The van der Waals surface area contributed by atoms with Gasteiger partial charge in [0.15, 0.2) is 5.96 Å². The summed E-state index contributed by atoms with van der Waals surface area (Å²) in [6.45, 7) is 10.7. The van der Waals surface area contributed by atoms with Crippen LogP contribution in [0.25, 0.3) is 0 Å². The van der Waals surface area contributed by atoms with Gasteiger partial charge >= 0.3 is 0 Å². The third-order valence-corrected chi connectivity index (χ3v) is 2.59. The predicted molar refractivity (Wildman–Crippen MR) is 56.0 cm³/mol. The standard InChI is InChI=1S/C10H21N3/c1-8(2)12-6-5-7-13(9(3)4)10(12)11/h8-9,11H,5-7H2,1-4H3. The Bertz CT molecular complexity index is 169. The molecule has 0 radical (unpaired) electrons. The summed E-state index contributed by atoms with van der Waals surface area (Å²) in [6, 6.07) is 0.906. The minimum Gasteiger partial charge on any atom is -0.341 e. The van der Waals surface area contributed by atoms with Crippen LogP contribution in [0.3, 0.4) is 0 Å². The molecular weight excluding hydrogens is 162 g/mol. The Hall–Kier alpha value is -0.730. The van der Waals surface area contributed by atoms with Crippen LogP contribution in [0.4, 0.5) is 0 Å². The molecule has 0 spiro atoms. The molecule has 1 N–H and O–H groups in total. The van der Waals surface area contributed by atoms with Gasteiger partial charge in [0.25, 0.3) is 0 Å². The molecule has 76 valence electrons. The highest BCUT2D eigenvalue weighted by Crippen LogP contribution is 2.13. The molecule has 1 saturated heterocycles. The number of rotatable bonds is 2. The van der Waals surface area contributed by atoms with Crippen molar-refractivity contribution < 1.29 is 0 Å². The molecule has 1 rings (SSSR count). The summed E-state index contributed by atoms with van der Waals surface area (Å²) < 4.78 is 0. The van der Waals surface area contributed by atoms with E-state index in [-0.39, 0.29) is 0 Å². The van der Waals surface area contributed by atoms with Gasteiger partial charge in [0.2, 0.25) is 0 Å². The number of guanidine groups is 1. The maximum absolute atomic E-state index is 8.02. The lowest BCUT2D eigenvalue weighted by molar-refractivity contribution is 0.200. The zero-order chi connectivity index (χ0) is 10.0. The molecule has 1 aliphatic rings. The van der Waals surface area contributed by atoms with Crippen molar-refractivity contribution in [3.63, 3.8) is 0 Å². The summed E-state index contributed by atoms with van der Waals surface area (Å²) in [7, 11) is 0. The molecule has 1 fully saturated rings. The Morgan fingerprint density at radius 1 is 1.00 bits per heavy atom. The van der Waals surface area contributed by atoms with Crippen LogP contribution in [0, 0.1) is 5.41 Å². The fourth-order valence-electron chi connectivity index (χ4n) is 1.79. The van der Waals surface area contributed by atoms with Gasteiger partial charge in [0.05, 0.1) is 0 Å². The molecule has 0 aromatic rings. The van der Waals surface area contributed by atoms with E-state index in [2.05, 4.69) is 37.5 Å². The molecule has 0 aliphatic carbocycles. The van der Waals surface area contributed by atoms with E-state index in [1.54, 1.807) is 0 Å². The lowest BCUT2D eigenvalue weighted by atomic mass is 10.2. The summed E-state index contributed by atoms with van der Waals surface area (Å²) in [5.41, 5.74) is 0. The lowest BCUT2D eigenvalue weighted by Crippen LogP contribution is -2.54. The SMILES string of the molecule is CC(C)N1CCCN(C(C)C)C1=N. The first-order chi connectivity index (χ1) is 6.04. The van der Waals surface area contributed by atoms with Gasteiger partial charge in [-0.2, -0.15) is 0 Å². The highest BCUT2D eigenvalue weighted by molar-refractivity contribution is 5.78. The minimum atomic E-state index is 0.453. The highest BCUT2D eigenvalue weighted by atomic mass is 15.4. The molecule has 0 aromatic heterocycles. The smallest absolute Gasteiger partial charge is 0.194 e. The first-order valence-corrected chi connectivity index (χ1v) is 5.16. The molecule has 1 heterocycles. The molecule has 0 bridgehead atoms. The van der Waals surface area contributed by atoms with Crippen LogP contribution in [0.1, 0.15) is 34.1 Å². The second-order valence-electron chi connectivity index (χ2n) is 4.25. The van der Waals surface area contributed by atoms with Gasteiger partial charge in [0, 0.05) is 25.2 Å². The van der Waals surface area contributed by atoms with E-state index >= 15 is 0 Å². The maximum atomic E-state index is 8.02. The average Bonchev–Trinajstić information content (AvgIpc) is 2.03. The van der Waals surface area contributed by atoms with Crippen molar-refractivity contribution in [2.45, 2.75) is 46.2 Å². The summed E-state index contributed by atoms with van der Waals surface area (Å²) in [5, 5.41) is 8.02. The van der Waals surface area contributed by atoms with Crippen LogP contribution < -0.4 is 0 Å². The molecule has 1 aliphatic heterocycles. The average molecular weight is 183 g/mol. The van der Waals surface area contributed by atoms with Gasteiger partial charge < -0.3 is 9.80 Å². The zero-order valence-corrected chi connectivity index (χ0v) is 9.17. The van der Waals surface area contributed by atoms with Gasteiger partial charge in [0.1, 0.15) is 0 Å². The normalized spacial score (nSPS) is 19.1. The fourth-order valence-corrected chi connectivity index (χ4v) is 1.79. The van der Waals surface area contributed by atoms with Crippen LogP contribution >= 0.6 is 0 Å². The second kappa shape index (κ2) is 3.99. The van der Waals surface area contributed by atoms with Crippen LogP contribution in [-0.2, 0) is 0 Å². The number of hydrogen-bond donors (Lipinski definition) is 1. The molecule has 0 aromatic carbocycles. The van der Waals surface area contributed by atoms with E-state index in [1.807, 2.05) is 0 Å². The van der Waals surface area contributed by atoms with E-state index in [0.717, 1.165) is 13.1 Å². The summed E-state index contributed by atoms with van der Waals surface area (Å²) in [5.74, 6) is 0.705. The van der Waals surface area contributed by atoms with Crippen molar-refractivity contribution in [3.05, 3.63) is 0 Å². The zero-order valence-electron chi connectivity index (χ0n) is 9.17. The molecule has 0 atom stereocenters. The first kappa shape index (κ1) is 10.4. The van der Waals surface area contributed by atoms with E-state index in [0.29, 0.717) is 18.0 Å². The maximum Gasteiger partial charge on any atom is 0.194 e. The number of nitrogens with one attached hydrogen (secondary N) is 1. The van der Waals surface area contributed by atoms with Crippen LogP contribution in [0.2, 0.25) is 0 Å². The lowest BCUT2D eigenvalue weighted by Gasteiger charge is -2.42. The van der Waals surface area contributed by atoms with Crippen molar-refractivity contribution in [1.82, 2.24) is 9.80 Å². The number of hydrogen-bond acceptors (Lipinski definition) is 1. The van der Waals surface area contributed by atoms with Crippen LogP contribution in [-0.4, -0.2) is 40.9 Å². The van der Waals surface area contributed by atoms with E-state index < -0.39 is 0 Å². The Morgan fingerprint density at radius 2 is 1.38 bits per heavy atom. The fraction of sp³-hybridized carbons (Fsp3) is 0.900. The Morgan fingerprint density at radius 3 is 1.69 bits per heavy atom. The van der Waals surface area contributed by atoms with Crippen molar-refractivity contribution in [2.75, 3.05) is 13.1 Å². The van der Waals surface area contributed by atoms with E-state index in [9.17, 15) is 0 Å². The Kier molecular flexibility index (Phi) is 3.17. The Balaban J connectivity index is 2.66. The monoisotopic (exact) mass is 183 g/mol. The molecule has 0 amide bonds. The van der Waals surface area contributed by atoms with Crippen LogP contribution in [0.15, 0.2) is 0 Å². The van der Waals surface area contributed by atoms with Crippen molar-refractivity contribution in [2.24, 2.45) is 0 Å². The molecular formula is C10H21N3. The predicted octanol–water partition coefficient (Wildman–Crippen LogP) is 1.75. The quantitative estimate of drug-likeness (QED) is 0.707. The van der Waals surface area contributed by atoms with Crippen molar-refractivity contribution >= 4 is 5.96 Å². The Labute approximate surface area is 81.2 Å². The minimum absolute atomic E-state index is 0.453. The second-order valence-corrected chi connectivity index (χ2v) is 4.25. The highest BCUT2D eigenvalue weighted by Gasteiger charge is 2.25. The van der Waals surface area contributed by atoms with Crippen molar-refractivity contribution in [3.8, 4) is 0 Å². The van der Waals surface area contributed by atoms with E-state index in [4.69, 9.17) is 5.41 Å². The number of nitrogens with zero attached hydrogens (tertiary/aromatic N) is 2. The van der Waals surface area contributed by atoms with Gasteiger partial charge in [-0.1, -0.05) is 0 Å². The van der Waals surface area contributed by atoms with Gasteiger partial charge in [-0.25, -0.2) is 0 Å². The molecule has 3 nitrogen and oxygen atoms in total. The van der Waals surface area contributed by atoms with Gasteiger partial charge in [-0.15, -0.1) is 0 Å². The summed E-state index contributed by atoms with van der Waals surface area (Å²) in [6.07, 6.45) is 1.18. The summed E-state index contributed by atoms with van der Waals surface area (Å²) >= 11 is 0. The summed E-state index contributed by atoms with van der Waals surface area (Å²) in [4.78, 5) is 4.34. The molecule has 0 unspecified atom stereocenters. The molecule has 3 heteroatoms. The third kappa shape index (κ3) is 2.14.